The Labute approximate surface area is 110 Å². The van der Waals surface area contributed by atoms with Crippen molar-refractivity contribution in [3.8, 4) is 0 Å². The van der Waals surface area contributed by atoms with E-state index in [4.69, 9.17) is 17.3 Å². The molecule has 0 saturated heterocycles. The summed E-state index contributed by atoms with van der Waals surface area (Å²) in [6, 6.07) is 5.17. The quantitative estimate of drug-likeness (QED) is 0.891. The molecule has 88 valence electrons. The minimum absolute atomic E-state index is 0.000432. The molecule has 1 heterocycles. The van der Waals surface area contributed by atoms with Gasteiger partial charge in [0.05, 0.1) is 21.4 Å². The highest BCUT2D eigenvalue weighted by molar-refractivity contribution is 9.10. The van der Waals surface area contributed by atoms with E-state index in [2.05, 4.69) is 31.2 Å². The van der Waals surface area contributed by atoms with Gasteiger partial charge in [-0.15, -0.1) is 0 Å². The third-order valence-corrected chi connectivity index (χ3v) is 3.36. The Bertz CT molecular complexity index is 564. The molecule has 3 N–H and O–H groups in total. The van der Waals surface area contributed by atoms with Gasteiger partial charge in [0.15, 0.2) is 11.6 Å². The summed E-state index contributed by atoms with van der Waals surface area (Å²) in [6.45, 7) is 0. The predicted molar refractivity (Wildman–Crippen MR) is 68.8 cm³/mol. The van der Waals surface area contributed by atoms with Crippen molar-refractivity contribution in [1.29, 1.82) is 0 Å². The maximum Gasteiger partial charge on any atom is 0.222 e. The van der Waals surface area contributed by atoms with E-state index in [0.717, 1.165) is 6.20 Å². The van der Waals surface area contributed by atoms with E-state index in [-0.39, 0.29) is 11.8 Å². The standard InChI is InChI=1S/C10H7BrClFN4/c11-8-5(12)2-1-3-7(8)16-9-6(13)4-15-10(14)17-9/h1-4H,(H3,14,15,16,17). The summed E-state index contributed by atoms with van der Waals surface area (Å²) in [7, 11) is 0. The molecule has 0 spiro atoms. The smallest absolute Gasteiger partial charge is 0.222 e. The van der Waals surface area contributed by atoms with Crippen molar-refractivity contribution < 1.29 is 4.39 Å². The molecule has 1 aromatic carbocycles. The highest BCUT2D eigenvalue weighted by Gasteiger charge is 2.09. The van der Waals surface area contributed by atoms with Gasteiger partial charge in [-0.2, -0.15) is 4.98 Å². The molecule has 1 aromatic heterocycles. The van der Waals surface area contributed by atoms with Crippen LogP contribution in [0, 0.1) is 5.82 Å². The molecule has 0 unspecified atom stereocenters. The van der Waals surface area contributed by atoms with Gasteiger partial charge in [-0.1, -0.05) is 17.7 Å². The number of hydrogen-bond donors (Lipinski definition) is 2. The molecule has 0 aliphatic rings. The van der Waals surface area contributed by atoms with E-state index in [1.54, 1.807) is 18.2 Å². The summed E-state index contributed by atoms with van der Waals surface area (Å²) in [4.78, 5) is 7.29. The van der Waals surface area contributed by atoms with Crippen molar-refractivity contribution in [3.63, 3.8) is 0 Å². The van der Waals surface area contributed by atoms with Gasteiger partial charge in [0.25, 0.3) is 0 Å². The molecule has 2 aromatic rings. The lowest BCUT2D eigenvalue weighted by atomic mass is 10.3. The van der Waals surface area contributed by atoms with Crippen LogP contribution in [0.15, 0.2) is 28.9 Å². The van der Waals surface area contributed by atoms with Gasteiger partial charge < -0.3 is 11.1 Å². The Hall–Kier alpha value is -1.40. The highest BCUT2D eigenvalue weighted by Crippen LogP contribution is 2.32. The average Bonchev–Trinajstić information content (AvgIpc) is 2.30. The molecular weight excluding hydrogens is 310 g/mol. The maximum absolute atomic E-state index is 13.4. The van der Waals surface area contributed by atoms with Gasteiger partial charge in [0.2, 0.25) is 5.95 Å². The lowest BCUT2D eigenvalue weighted by molar-refractivity contribution is 0.620. The topological polar surface area (TPSA) is 63.8 Å². The average molecular weight is 318 g/mol. The molecule has 0 atom stereocenters. The van der Waals surface area contributed by atoms with Crippen molar-refractivity contribution in [3.05, 3.63) is 39.7 Å². The zero-order chi connectivity index (χ0) is 12.4. The number of rotatable bonds is 2. The van der Waals surface area contributed by atoms with Crippen molar-refractivity contribution in [2.75, 3.05) is 11.1 Å². The Balaban J connectivity index is 2.38. The Morgan fingerprint density at radius 1 is 1.41 bits per heavy atom. The maximum atomic E-state index is 13.4. The number of anilines is 3. The fraction of sp³-hybridized carbons (Fsp3) is 0. The summed E-state index contributed by atoms with van der Waals surface area (Å²) in [5.41, 5.74) is 5.97. The Kier molecular flexibility index (Phi) is 3.44. The van der Waals surface area contributed by atoms with Gasteiger partial charge in [-0.05, 0) is 28.1 Å². The summed E-state index contributed by atoms with van der Waals surface area (Å²) in [6.07, 6.45) is 1.00. The largest absolute Gasteiger partial charge is 0.368 e. The summed E-state index contributed by atoms with van der Waals surface area (Å²) in [5, 5.41) is 3.30. The molecule has 0 bridgehead atoms. The second-order valence-electron chi connectivity index (χ2n) is 3.15. The number of halogens is 3. The van der Waals surface area contributed by atoms with Crippen molar-refractivity contribution >= 4 is 45.0 Å². The number of nitrogens with two attached hydrogens (primary N) is 1. The molecule has 0 saturated carbocycles. The lowest BCUT2D eigenvalue weighted by Gasteiger charge is -2.09. The van der Waals surface area contributed by atoms with Gasteiger partial charge in [0.1, 0.15) is 0 Å². The lowest BCUT2D eigenvalue weighted by Crippen LogP contribution is -2.02. The zero-order valence-electron chi connectivity index (χ0n) is 8.42. The van der Waals surface area contributed by atoms with E-state index in [9.17, 15) is 4.39 Å². The number of nitrogen functional groups attached to an aromatic ring is 1. The fourth-order valence-electron chi connectivity index (χ4n) is 1.20. The Morgan fingerprint density at radius 2 is 2.18 bits per heavy atom. The van der Waals surface area contributed by atoms with Crippen LogP contribution < -0.4 is 11.1 Å². The number of aromatic nitrogens is 2. The highest BCUT2D eigenvalue weighted by atomic mass is 79.9. The number of hydrogen-bond acceptors (Lipinski definition) is 4. The van der Waals surface area contributed by atoms with Crippen LogP contribution in [-0.2, 0) is 0 Å². The van der Waals surface area contributed by atoms with E-state index in [0.29, 0.717) is 15.2 Å². The first kappa shape index (κ1) is 12.1. The van der Waals surface area contributed by atoms with Crippen LogP contribution in [0.4, 0.5) is 21.8 Å². The predicted octanol–water partition coefficient (Wildman–Crippen LogP) is 3.36. The molecule has 0 fully saturated rings. The molecule has 4 nitrogen and oxygen atoms in total. The van der Waals surface area contributed by atoms with Crippen molar-refractivity contribution in [2.45, 2.75) is 0 Å². The minimum Gasteiger partial charge on any atom is -0.368 e. The summed E-state index contributed by atoms with van der Waals surface area (Å²) >= 11 is 9.20. The van der Waals surface area contributed by atoms with Gasteiger partial charge in [0, 0.05) is 0 Å². The first-order valence-electron chi connectivity index (χ1n) is 4.57. The second-order valence-corrected chi connectivity index (χ2v) is 4.35. The van der Waals surface area contributed by atoms with Gasteiger partial charge in [-0.3, -0.25) is 0 Å². The number of nitrogens with one attached hydrogen (secondary N) is 1. The number of benzene rings is 1. The molecule has 7 heteroatoms. The molecule has 2 rings (SSSR count). The molecule has 0 radical (unpaired) electrons. The van der Waals surface area contributed by atoms with Crippen molar-refractivity contribution in [1.82, 2.24) is 9.97 Å². The third kappa shape index (κ3) is 2.65. The normalized spacial score (nSPS) is 10.3. The van der Waals surface area contributed by atoms with Crippen LogP contribution in [0.2, 0.25) is 5.02 Å². The van der Waals surface area contributed by atoms with Crippen LogP contribution in [-0.4, -0.2) is 9.97 Å². The second kappa shape index (κ2) is 4.85. The SMILES string of the molecule is Nc1ncc(F)c(Nc2cccc(Cl)c2Br)n1. The van der Waals surface area contributed by atoms with E-state index < -0.39 is 5.82 Å². The van der Waals surface area contributed by atoms with Crippen molar-refractivity contribution in [2.24, 2.45) is 0 Å². The summed E-state index contributed by atoms with van der Waals surface area (Å²) in [5.74, 6) is -0.599. The first-order chi connectivity index (χ1) is 8.08. The monoisotopic (exact) mass is 316 g/mol. The molecule has 0 amide bonds. The van der Waals surface area contributed by atoms with Crippen LogP contribution in [0.3, 0.4) is 0 Å². The van der Waals surface area contributed by atoms with Crippen LogP contribution >= 0.6 is 27.5 Å². The minimum atomic E-state index is -0.592. The van der Waals surface area contributed by atoms with Crippen LogP contribution in [0.1, 0.15) is 0 Å². The zero-order valence-corrected chi connectivity index (χ0v) is 10.8. The summed E-state index contributed by atoms with van der Waals surface area (Å²) < 4.78 is 14.0. The fourth-order valence-corrected chi connectivity index (χ4v) is 1.73. The molecule has 17 heavy (non-hydrogen) atoms. The van der Waals surface area contributed by atoms with Gasteiger partial charge in [-0.25, -0.2) is 9.37 Å². The van der Waals surface area contributed by atoms with E-state index in [1.165, 1.54) is 0 Å². The molecular formula is C10H7BrClFN4. The molecule has 0 aliphatic heterocycles. The van der Waals surface area contributed by atoms with E-state index in [1.807, 2.05) is 0 Å². The van der Waals surface area contributed by atoms with E-state index >= 15 is 0 Å². The van der Waals surface area contributed by atoms with Crippen LogP contribution in [0.25, 0.3) is 0 Å². The van der Waals surface area contributed by atoms with Crippen LogP contribution in [0.5, 0.6) is 0 Å². The molecule has 0 aliphatic carbocycles. The Morgan fingerprint density at radius 3 is 2.94 bits per heavy atom. The first-order valence-corrected chi connectivity index (χ1v) is 5.74. The number of nitrogens with zero attached hydrogens (tertiary/aromatic N) is 2. The van der Waals surface area contributed by atoms with Gasteiger partial charge >= 0.3 is 0 Å². The third-order valence-electron chi connectivity index (χ3n) is 1.97.